The Morgan fingerprint density at radius 3 is 2.86 bits per heavy atom. The van der Waals surface area contributed by atoms with Crippen molar-refractivity contribution in [3.63, 3.8) is 0 Å². The van der Waals surface area contributed by atoms with Crippen molar-refractivity contribution in [2.75, 3.05) is 13.7 Å². The van der Waals surface area contributed by atoms with Crippen LogP contribution in [0.25, 0.3) is 0 Å². The topological polar surface area (TPSA) is 71.0 Å². The molecule has 1 saturated carbocycles. The lowest BCUT2D eigenvalue weighted by atomic mass is 9.98. The number of ether oxygens (including phenoxy) is 1. The molecule has 1 fully saturated rings. The molecule has 1 aromatic heterocycles. The fourth-order valence-corrected chi connectivity index (χ4v) is 5.20. The zero-order chi connectivity index (χ0) is 19.7. The van der Waals surface area contributed by atoms with E-state index in [1.54, 1.807) is 11.3 Å². The summed E-state index contributed by atoms with van der Waals surface area (Å²) in [7, 11) is 1.40. The van der Waals surface area contributed by atoms with Crippen molar-refractivity contribution in [3.8, 4) is 0 Å². The number of esters is 1. The Bertz CT molecular complexity index is 869. The maximum atomic E-state index is 12.7. The number of thiophene rings is 1. The summed E-state index contributed by atoms with van der Waals surface area (Å²) in [6.45, 7) is 2.74. The molecule has 148 valence electrons. The first kappa shape index (κ1) is 19.3. The number of hydrogen-bond acceptors (Lipinski definition) is 7. The minimum atomic E-state index is -0.368. The van der Waals surface area contributed by atoms with Crippen molar-refractivity contribution in [1.29, 1.82) is 0 Å². The van der Waals surface area contributed by atoms with Crippen LogP contribution >= 0.6 is 23.1 Å². The van der Waals surface area contributed by atoms with Crippen LogP contribution in [-0.4, -0.2) is 35.6 Å². The van der Waals surface area contributed by atoms with Gasteiger partial charge in [-0.05, 0) is 42.0 Å². The first-order valence-electron chi connectivity index (χ1n) is 9.47. The van der Waals surface area contributed by atoms with Gasteiger partial charge in [-0.2, -0.15) is 0 Å². The molecular weight excluding hydrogens is 394 g/mol. The lowest BCUT2D eigenvalue weighted by molar-refractivity contribution is -0.136. The zero-order valence-electron chi connectivity index (χ0n) is 15.9. The van der Waals surface area contributed by atoms with Gasteiger partial charge in [0.2, 0.25) is 5.91 Å². The standard InChI is InChI=1S/C20H23N3O3S2/c1-3-14-17(19(25)26-2)18(15-5-4-8-27-15)23-13(11-28-20(23)22-14)9-16(24)21-10-12-6-7-12/h4-5,8,11-12,18H,3,6-7,9-10H2,1-2H3,(H,21,24)/t18-/m1/s1. The molecule has 6 nitrogen and oxygen atoms in total. The summed E-state index contributed by atoms with van der Waals surface area (Å²) in [6.07, 6.45) is 3.32. The number of fused-ring (bicyclic) bond motifs is 1. The molecule has 0 spiro atoms. The fraction of sp³-hybridized carbons (Fsp3) is 0.450. The predicted molar refractivity (Wildman–Crippen MR) is 112 cm³/mol. The number of methoxy groups -OCH3 is 1. The van der Waals surface area contributed by atoms with Gasteiger partial charge in [0.25, 0.3) is 0 Å². The summed E-state index contributed by atoms with van der Waals surface area (Å²) >= 11 is 3.10. The van der Waals surface area contributed by atoms with Gasteiger partial charge in [0.05, 0.1) is 24.8 Å². The number of amides is 1. The molecule has 1 N–H and O–H groups in total. The molecule has 1 aromatic rings. The molecule has 0 aromatic carbocycles. The minimum absolute atomic E-state index is 0.00909. The molecule has 0 radical (unpaired) electrons. The highest BCUT2D eigenvalue weighted by Crippen LogP contribution is 2.46. The number of hydrogen-bond donors (Lipinski definition) is 1. The van der Waals surface area contributed by atoms with E-state index >= 15 is 0 Å². The molecule has 2 aliphatic heterocycles. The second-order valence-electron chi connectivity index (χ2n) is 7.04. The highest BCUT2D eigenvalue weighted by atomic mass is 32.2. The van der Waals surface area contributed by atoms with Crippen LogP contribution in [0.3, 0.4) is 0 Å². The van der Waals surface area contributed by atoms with Crippen LogP contribution in [-0.2, 0) is 14.3 Å². The average Bonchev–Trinajstić information content (AvgIpc) is 3.21. The van der Waals surface area contributed by atoms with Crippen LogP contribution in [0.1, 0.15) is 43.5 Å². The van der Waals surface area contributed by atoms with E-state index in [4.69, 9.17) is 9.73 Å². The second-order valence-corrected chi connectivity index (χ2v) is 8.85. The first-order chi connectivity index (χ1) is 13.6. The zero-order valence-corrected chi connectivity index (χ0v) is 17.6. The summed E-state index contributed by atoms with van der Waals surface area (Å²) in [6, 6.07) is 3.68. The van der Waals surface area contributed by atoms with Gasteiger partial charge < -0.3 is 15.0 Å². The Labute approximate surface area is 172 Å². The molecule has 4 rings (SSSR count). The molecule has 3 heterocycles. The van der Waals surface area contributed by atoms with Crippen molar-refractivity contribution >= 4 is 40.1 Å². The van der Waals surface area contributed by atoms with Gasteiger partial charge in [-0.15, -0.1) is 11.3 Å². The lowest BCUT2D eigenvalue weighted by Gasteiger charge is -2.35. The van der Waals surface area contributed by atoms with Crippen molar-refractivity contribution in [1.82, 2.24) is 10.2 Å². The van der Waals surface area contributed by atoms with Crippen LogP contribution in [0.5, 0.6) is 0 Å². The van der Waals surface area contributed by atoms with Crippen LogP contribution in [0.4, 0.5) is 0 Å². The minimum Gasteiger partial charge on any atom is -0.466 e. The van der Waals surface area contributed by atoms with Crippen LogP contribution in [0, 0.1) is 5.92 Å². The number of rotatable bonds is 7. The maximum absolute atomic E-state index is 12.7. The van der Waals surface area contributed by atoms with Gasteiger partial charge in [0.15, 0.2) is 5.17 Å². The van der Waals surface area contributed by atoms with E-state index in [1.165, 1.54) is 31.7 Å². The Hall–Kier alpha value is -2.06. The highest BCUT2D eigenvalue weighted by molar-refractivity contribution is 8.16. The Morgan fingerprint density at radius 2 is 2.21 bits per heavy atom. The summed E-state index contributed by atoms with van der Waals surface area (Å²) in [5.41, 5.74) is 2.17. The fourth-order valence-electron chi connectivity index (χ4n) is 3.44. The molecule has 1 amide bonds. The number of nitrogens with one attached hydrogen (secondary N) is 1. The Kier molecular flexibility index (Phi) is 5.59. The first-order valence-corrected chi connectivity index (χ1v) is 11.2. The largest absolute Gasteiger partial charge is 0.466 e. The number of carbonyl (C=O) groups is 2. The smallest absolute Gasteiger partial charge is 0.338 e. The van der Waals surface area contributed by atoms with E-state index in [-0.39, 0.29) is 24.3 Å². The summed E-state index contributed by atoms with van der Waals surface area (Å²) in [4.78, 5) is 32.9. The number of thioether (sulfide) groups is 1. The van der Waals surface area contributed by atoms with Crippen LogP contribution < -0.4 is 5.32 Å². The molecule has 28 heavy (non-hydrogen) atoms. The highest BCUT2D eigenvalue weighted by Gasteiger charge is 2.41. The van der Waals surface area contributed by atoms with Gasteiger partial charge in [0, 0.05) is 17.1 Å². The maximum Gasteiger partial charge on any atom is 0.338 e. The van der Waals surface area contributed by atoms with Crippen molar-refractivity contribution in [2.45, 2.75) is 38.6 Å². The summed E-state index contributed by atoms with van der Waals surface area (Å²) < 4.78 is 5.09. The van der Waals surface area contributed by atoms with Crippen LogP contribution in [0.2, 0.25) is 0 Å². The van der Waals surface area contributed by atoms with E-state index in [2.05, 4.69) is 5.32 Å². The second kappa shape index (κ2) is 8.13. The third-order valence-electron chi connectivity index (χ3n) is 5.07. The predicted octanol–water partition coefficient (Wildman–Crippen LogP) is 3.80. The van der Waals surface area contributed by atoms with Crippen LogP contribution in [0.15, 0.2) is 44.9 Å². The Balaban J connectivity index is 1.64. The molecule has 1 aliphatic carbocycles. The molecule has 1 atom stereocenters. The lowest BCUT2D eigenvalue weighted by Crippen LogP contribution is -2.38. The third-order valence-corrected chi connectivity index (χ3v) is 6.88. The molecule has 3 aliphatic rings. The Morgan fingerprint density at radius 1 is 1.39 bits per heavy atom. The summed E-state index contributed by atoms with van der Waals surface area (Å²) in [5, 5.41) is 7.81. The van der Waals surface area contributed by atoms with E-state index in [0.29, 0.717) is 17.9 Å². The van der Waals surface area contributed by atoms with Gasteiger partial charge in [-0.25, -0.2) is 9.79 Å². The number of aliphatic imine (C=N–C) groups is 1. The number of carbonyl (C=O) groups excluding carboxylic acids is 2. The van der Waals surface area contributed by atoms with Gasteiger partial charge in [-0.3, -0.25) is 4.79 Å². The monoisotopic (exact) mass is 417 g/mol. The van der Waals surface area contributed by atoms with Crippen molar-refractivity contribution in [2.24, 2.45) is 10.9 Å². The van der Waals surface area contributed by atoms with Crippen molar-refractivity contribution in [3.05, 3.63) is 44.8 Å². The average molecular weight is 418 g/mol. The van der Waals surface area contributed by atoms with Gasteiger partial charge in [-0.1, -0.05) is 24.8 Å². The molecule has 0 bridgehead atoms. The SMILES string of the molecule is CCC1=C(C(=O)OC)[C@@H](c2cccs2)N2C(CC(=O)NCC3CC3)=CSC2=N1. The summed E-state index contributed by atoms with van der Waals surface area (Å²) in [5.74, 6) is 0.283. The third kappa shape index (κ3) is 3.75. The van der Waals surface area contributed by atoms with E-state index < -0.39 is 0 Å². The van der Waals surface area contributed by atoms with E-state index in [0.717, 1.165) is 28.0 Å². The quantitative estimate of drug-likeness (QED) is 0.683. The normalized spacial score (nSPS) is 21.2. The van der Waals surface area contributed by atoms with E-state index in [9.17, 15) is 9.59 Å². The van der Waals surface area contributed by atoms with Crippen molar-refractivity contribution < 1.29 is 14.3 Å². The molecule has 0 saturated heterocycles. The number of amidine groups is 1. The molecule has 8 heteroatoms. The van der Waals surface area contributed by atoms with Gasteiger partial charge >= 0.3 is 5.97 Å². The van der Waals surface area contributed by atoms with E-state index in [1.807, 2.05) is 34.7 Å². The molecule has 0 unspecified atom stereocenters. The number of nitrogens with zero attached hydrogens (tertiary/aromatic N) is 2. The van der Waals surface area contributed by atoms with Gasteiger partial charge in [0.1, 0.15) is 6.04 Å². The molecular formula is C20H23N3O3S2. The number of allylic oxidation sites excluding steroid dienone is 1.